The Morgan fingerprint density at radius 3 is 2.11 bits per heavy atom. The zero-order chi connectivity index (χ0) is 27.1. The van der Waals surface area contributed by atoms with Gasteiger partial charge in [0.05, 0.1) is 4.90 Å². The van der Waals surface area contributed by atoms with Crippen molar-refractivity contribution in [1.82, 2.24) is 9.78 Å². The van der Waals surface area contributed by atoms with Gasteiger partial charge in [-0.3, -0.25) is 4.68 Å². The van der Waals surface area contributed by atoms with Crippen LogP contribution < -0.4 is 0 Å². The molecule has 3 aromatic rings. The largest absolute Gasteiger partial charge is 0.433 e. The van der Waals surface area contributed by atoms with E-state index in [4.69, 9.17) is 0 Å². The highest BCUT2D eigenvalue weighted by atomic mass is 32.2. The normalized spacial score (nSPS) is 13.1. The molecule has 1 unspecified atom stereocenters. The quantitative estimate of drug-likeness (QED) is 0.244. The summed E-state index contributed by atoms with van der Waals surface area (Å²) in [6.45, 7) is 7.97. The Morgan fingerprint density at radius 2 is 1.67 bits per heavy atom. The van der Waals surface area contributed by atoms with Crippen LogP contribution in [0.15, 0.2) is 78.2 Å². The minimum atomic E-state index is -4.60. The van der Waals surface area contributed by atoms with Gasteiger partial charge in [0.15, 0.2) is 15.5 Å². The fraction of sp³-hybridized carbons (Fsp3) is 0.296. The van der Waals surface area contributed by atoms with Crippen molar-refractivity contribution in [2.24, 2.45) is 0 Å². The van der Waals surface area contributed by atoms with Crippen molar-refractivity contribution >= 4 is 15.4 Å². The number of allylic oxidation sites excluding steroid dienone is 3. The van der Waals surface area contributed by atoms with Crippen LogP contribution in [-0.4, -0.2) is 30.6 Å². The Kier molecular flexibility index (Phi) is 9.81. The molecule has 0 spiro atoms. The van der Waals surface area contributed by atoms with Crippen molar-refractivity contribution in [1.29, 1.82) is 0 Å². The number of rotatable bonds is 7. The summed E-state index contributed by atoms with van der Waals surface area (Å²) >= 11 is 0. The number of hydrogen-bond donors (Lipinski definition) is 0. The van der Waals surface area contributed by atoms with E-state index in [1.165, 1.54) is 37.3 Å². The summed E-state index contributed by atoms with van der Waals surface area (Å²) in [5.74, 6) is 0. The topological polar surface area (TPSA) is 52.0 Å². The maximum absolute atomic E-state index is 14.1. The number of alkyl halides is 4. The van der Waals surface area contributed by atoms with Crippen LogP contribution in [0.4, 0.5) is 17.6 Å². The van der Waals surface area contributed by atoms with Crippen LogP contribution >= 0.6 is 0 Å². The van der Waals surface area contributed by atoms with Crippen LogP contribution in [0, 0.1) is 0 Å². The van der Waals surface area contributed by atoms with Gasteiger partial charge in [-0.1, -0.05) is 54.6 Å². The molecule has 1 atom stereocenters. The maximum Gasteiger partial charge on any atom is 0.433 e. The SMILES string of the molecule is C/C=C(\C)c1c(-c2ccc(S(C)(=O)=O)cc2)nn(CCc2ccccc2)c1C(F)(F)F.C=CC(C)F. The molecule has 1 aromatic heterocycles. The highest BCUT2D eigenvalue weighted by molar-refractivity contribution is 7.90. The molecule has 0 amide bonds. The van der Waals surface area contributed by atoms with Gasteiger partial charge in [0, 0.05) is 23.9 Å². The monoisotopic (exact) mass is 522 g/mol. The first-order valence-electron chi connectivity index (χ1n) is 11.2. The Morgan fingerprint density at radius 1 is 1.11 bits per heavy atom. The molecule has 36 heavy (non-hydrogen) atoms. The lowest BCUT2D eigenvalue weighted by Gasteiger charge is -2.13. The van der Waals surface area contributed by atoms with Crippen LogP contribution in [0.25, 0.3) is 16.8 Å². The number of halogens is 4. The molecule has 2 aromatic carbocycles. The summed E-state index contributed by atoms with van der Waals surface area (Å²) in [5, 5.41) is 4.33. The fourth-order valence-corrected chi connectivity index (χ4v) is 4.00. The molecule has 0 bridgehead atoms. The number of nitrogens with zero attached hydrogens (tertiary/aromatic N) is 2. The zero-order valence-corrected chi connectivity index (χ0v) is 21.5. The summed E-state index contributed by atoms with van der Waals surface area (Å²) < 4.78 is 78.1. The lowest BCUT2D eigenvalue weighted by molar-refractivity contribution is -0.144. The van der Waals surface area contributed by atoms with Gasteiger partial charge >= 0.3 is 6.18 Å². The second kappa shape index (κ2) is 12.2. The van der Waals surface area contributed by atoms with E-state index in [0.29, 0.717) is 17.6 Å². The van der Waals surface area contributed by atoms with E-state index < -0.39 is 27.9 Å². The van der Waals surface area contributed by atoms with Gasteiger partial charge in [-0.05, 0) is 50.5 Å². The van der Waals surface area contributed by atoms with Gasteiger partial charge < -0.3 is 0 Å². The first-order valence-corrected chi connectivity index (χ1v) is 13.1. The molecule has 0 aliphatic heterocycles. The van der Waals surface area contributed by atoms with E-state index in [-0.39, 0.29) is 22.7 Å². The van der Waals surface area contributed by atoms with Crippen LogP contribution in [0.5, 0.6) is 0 Å². The van der Waals surface area contributed by atoms with Gasteiger partial charge in [-0.2, -0.15) is 18.3 Å². The van der Waals surface area contributed by atoms with Gasteiger partial charge in [-0.15, -0.1) is 6.58 Å². The minimum Gasteiger partial charge on any atom is -0.259 e. The highest BCUT2D eigenvalue weighted by Gasteiger charge is 2.40. The van der Waals surface area contributed by atoms with E-state index in [0.717, 1.165) is 16.5 Å². The Bertz CT molecular complexity index is 1290. The summed E-state index contributed by atoms with van der Waals surface area (Å²) in [5.41, 5.74) is 1.16. The Labute approximate surface area is 209 Å². The lowest BCUT2D eigenvalue weighted by Crippen LogP contribution is -2.17. The Balaban J connectivity index is 0.000000830. The molecule has 0 saturated carbocycles. The van der Waals surface area contributed by atoms with Crippen molar-refractivity contribution in [2.45, 2.75) is 51.0 Å². The second-order valence-electron chi connectivity index (χ2n) is 8.21. The molecular formula is C27H30F4N2O2S. The van der Waals surface area contributed by atoms with Gasteiger partial charge in [0.25, 0.3) is 0 Å². The zero-order valence-electron chi connectivity index (χ0n) is 20.7. The predicted molar refractivity (Wildman–Crippen MR) is 136 cm³/mol. The van der Waals surface area contributed by atoms with Crippen LogP contribution in [0.1, 0.15) is 37.6 Å². The van der Waals surface area contributed by atoms with E-state index in [2.05, 4.69) is 11.7 Å². The molecule has 0 aliphatic rings. The molecule has 0 N–H and O–H groups in total. The van der Waals surface area contributed by atoms with Crippen molar-refractivity contribution in [3.8, 4) is 11.3 Å². The molecule has 0 radical (unpaired) electrons. The number of benzene rings is 2. The van der Waals surface area contributed by atoms with E-state index in [1.807, 2.05) is 30.3 Å². The van der Waals surface area contributed by atoms with Crippen molar-refractivity contribution < 1.29 is 26.0 Å². The molecule has 0 saturated heterocycles. The molecule has 9 heteroatoms. The standard InChI is InChI=1S/C23H23F3N2O2S.C4H7F/c1-4-16(2)20-21(18-10-12-19(13-11-18)31(3,29)30)27-28(22(20)23(24,25)26)15-14-17-8-6-5-7-9-17;1-3-4(2)5/h4-13H,14-15H2,1-3H3;3-4H,1H2,2H3/b16-4+;. The third-order valence-electron chi connectivity index (χ3n) is 5.38. The number of aryl methyl sites for hydroxylation is 2. The first kappa shape index (κ1) is 29.0. The van der Waals surface area contributed by atoms with E-state index in [1.54, 1.807) is 19.9 Å². The minimum absolute atomic E-state index is 0.00941. The molecule has 4 nitrogen and oxygen atoms in total. The van der Waals surface area contributed by atoms with Crippen molar-refractivity contribution in [2.75, 3.05) is 6.26 Å². The number of hydrogen-bond acceptors (Lipinski definition) is 3. The smallest absolute Gasteiger partial charge is 0.259 e. The van der Waals surface area contributed by atoms with Gasteiger partial charge in [-0.25, -0.2) is 12.8 Å². The van der Waals surface area contributed by atoms with Crippen LogP contribution in [0.2, 0.25) is 0 Å². The first-order chi connectivity index (χ1) is 16.8. The summed E-state index contributed by atoms with van der Waals surface area (Å²) in [7, 11) is -3.42. The molecule has 0 fully saturated rings. The van der Waals surface area contributed by atoms with Crippen LogP contribution in [-0.2, 0) is 29.0 Å². The van der Waals surface area contributed by atoms with Gasteiger partial charge in [0.1, 0.15) is 11.9 Å². The third kappa shape index (κ3) is 7.65. The lowest BCUT2D eigenvalue weighted by atomic mass is 9.99. The van der Waals surface area contributed by atoms with E-state index >= 15 is 0 Å². The molecule has 3 rings (SSSR count). The average molecular weight is 523 g/mol. The highest BCUT2D eigenvalue weighted by Crippen LogP contribution is 2.40. The van der Waals surface area contributed by atoms with E-state index in [9.17, 15) is 26.0 Å². The van der Waals surface area contributed by atoms with Crippen molar-refractivity contribution in [3.63, 3.8) is 0 Å². The number of sulfone groups is 1. The molecule has 1 heterocycles. The van der Waals surface area contributed by atoms with Gasteiger partial charge in [0.2, 0.25) is 0 Å². The summed E-state index contributed by atoms with van der Waals surface area (Å²) in [6, 6.07) is 15.0. The maximum atomic E-state index is 14.1. The second-order valence-corrected chi connectivity index (χ2v) is 10.2. The molecule has 194 valence electrons. The molecular weight excluding hydrogens is 492 g/mol. The predicted octanol–water partition coefficient (Wildman–Crippen LogP) is 7.17. The molecule has 0 aliphatic carbocycles. The number of aromatic nitrogens is 2. The summed E-state index contributed by atoms with van der Waals surface area (Å²) in [6.07, 6.45) is -1.12. The van der Waals surface area contributed by atoms with Crippen LogP contribution in [0.3, 0.4) is 0 Å². The summed E-state index contributed by atoms with van der Waals surface area (Å²) in [4.78, 5) is 0.0973. The fourth-order valence-electron chi connectivity index (χ4n) is 3.37. The Hall–Kier alpha value is -3.20. The average Bonchev–Trinajstić information content (AvgIpc) is 3.23. The third-order valence-corrected chi connectivity index (χ3v) is 6.51. The van der Waals surface area contributed by atoms with Crippen molar-refractivity contribution in [3.05, 3.63) is 90.1 Å².